The fourth-order valence-corrected chi connectivity index (χ4v) is 1.30. The van der Waals surface area contributed by atoms with E-state index in [1.807, 2.05) is 13.8 Å². The molecule has 0 atom stereocenters. The second-order valence-corrected chi connectivity index (χ2v) is 4.80. The van der Waals surface area contributed by atoms with Crippen LogP contribution in [0.4, 0.5) is 5.69 Å². The molecule has 0 bridgehead atoms. The first-order valence-corrected chi connectivity index (χ1v) is 6.12. The summed E-state index contributed by atoms with van der Waals surface area (Å²) in [6.45, 7) is 4.05. The molecule has 19 heavy (non-hydrogen) atoms. The van der Waals surface area contributed by atoms with Gasteiger partial charge in [0.2, 0.25) is 0 Å². The molecule has 0 saturated carbocycles. The molecule has 0 aromatic heterocycles. The molecule has 0 fully saturated rings. The topological polar surface area (TPSA) is 70.8 Å². The van der Waals surface area contributed by atoms with Gasteiger partial charge in [0.25, 0.3) is 0 Å². The first-order valence-electron chi connectivity index (χ1n) is 6.12. The Kier molecular flexibility index (Phi) is 5.63. The molecule has 1 rings (SSSR count). The standard InChI is InChI=1S/C14H21NO4/c1-14(2,17-3)7-8-18-13(16)10-19-12-6-4-5-11(15)9-12/h4-6,9H,7-8,10,15H2,1-3H3. The highest BCUT2D eigenvalue weighted by molar-refractivity contribution is 5.71. The number of anilines is 1. The van der Waals surface area contributed by atoms with E-state index in [1.54, 1.807) is 31.4 Å². The number of rotatable bonds is 7. The summed E-state index contributed by atoms with van der Waals surface area (Å²) in [5.41, 5.74) is 5.89. The highest BCUT2D eigenvalue weighted by Crippen LogP contribution is 2.15. The Morgan fingerprint density at radius 2 is 2.11 bits per heavy atom. The lowest BCUT2D eigenvalue weighted by Gasteiger charge is -2.22. The van der Waals surface area contributed by atoms with Crippen molar-refractivity contribution in [2.75, 3.05) is 26.1 Å². The zero-order chi connectivity index (χ0) is 14.3. The number of benzene rings is 1. The number of methoxy groups -OCH3 is 1. The molecule has 106 valence electrons. The maximum atomic E-state index is 11.5. The average molecular weight is 267 g/mol. The van der Waals surface area contributed by atoms with Gasteiger partial charge in [-0.05, 0) is 26.0 Å². The Bertz CT molecular complexity index is 418. The van der Waals surface area contributed by atoms with E-state index < -0.39 is 5.97 Å². The third kappa shape index (κ3) is 6.10. The second kappa shape index (κ2) is 6.99. The van der Waals surface area contributed by atoms with E-state index in [0.29, 0.717) is 24.5 Å². The van der Waals surface area contributed by atoms with Crippen molar-refractivity contribution in [1.82, 2.24) is 0 Å². The summed E-state index contributed by atoms with van der Waals surface area (Å²) in [5.74, 6) is 0.142. The molecule has 0 radical (unpaired) electrons. The normalized spacial score (nSPS) is 11.1. The number of carbonyl (C=O) groups is 1. The van der Waals surface area contributed by atoms with Gasteiger partial charge in [-0.15, -0.1) is 0 Å². The summed E-state index contributed by atoms with van der Waals surface area (Å²) >= 11 is 0. The predicted octanol–water partition coefficient (Wildman–Crippen LogP) is 2.01. The zero-order valence-electron chi connectivity index (χ0n) is 11.6. The lowest BCUT2D eigenvalue weighted by molar-refractivity contribution is -0.147. The van der Waals surface area contributed by atoms with Crippen molar-refractivity contribution < 1.29 is 19.0 Å². The van der Waals surface area contributed by atoms with Crippen molar-refractivity contribution >= 4 is 11.7 Å². The molecule has 5 heteroatoms. The van der Waals surface area contributed by atoms with Crippen LogP contribution >= 0.6 is 0 Å². The first kappa shape index (κ1) is 15.3. The number of hydrogen-bond donors (Lipinski definition) is 1. The molecule has 0 unspecified atom stereocenters. The van der Waals surface area contributed by atoms with Crippen molar-refractivity contribution in [2.24, 2.45) is 0 Å². The van der Waals surface area contributed by atoms with Gasteiger partial charge in [-0.2, -0.15) is 0 Å². The molecular weight excluding hydrogens is 246 g/mol. The smallest absolute Gasteiger partial charge is 0.344 e. The minimum absolute atomic E-state index is 0.128. The molecule has 1 aromatic carbocycles. The molecular formula is C14H21NO4. The third-order valence-corrected chi connectivity index (χ3v) is 2.73. The maximum absolute atomic E-state index is 11.5. The van der Waals surface area contributed by atoms with Gasteiger partial charge in [0.05, 0.1) is 12.2 Å². The number of hydrogen-bond acceptors (Lipinski definition) is 5. The quantitative estimate of drug-likeness (QED) is 0.604. The molecule has 0 aliphatic carbocycles. The van der Waals surface area contributed by atoms with Crippen LogP contribution in [-0.2, 0) is 14.3 Å². The van der Waals surface area contributed by atoms with Gasteiger partial charge < -0.3 is 19.9 Å². The minimum Gasteiger partial charge on any atom is -0.482 e. The van der Waals surface area contributed by atoms with Crippen LogP contribution in [-0.4, -0.2) is 31.9 Å². The van der Waals surface area contributed by atoms with Gasteiger partial charge in [0.15, 0.2) is 6.61 Å². The molecule has 0 spiro atoms. The van der Waals surface area contributed by atoms with Gasteiger partial charge in [0.1, 0.15) is 5.75 Å². The Balaban J connectivity index is 2.25. The van der Waals surface area contributed by atoms with E-state index in [0.717, 1.165) is 0 Å². The number of ether oxygens (including phenoxy) is 3. The molecule has 5 nitrogen and oxygen atoms in total. The van der Waals surface area contributed by atoms with Gasteiger partial charge in [0, 0.05) is 25.3 Å². The van der Waals surface area contributed by atoms with Crippen LogP contribution in [0.2, 0.25) is 0 Å². The van der Waals surface area contributed by atoms with Crippen LogP contribution in [0.15, 0.2) is 24.3 Å². The fraction of sp³-hybridized carbons (Fsp3) is 0.500. The van der Waals surface area contributed by atoms with Gasteiger partial charge in [-0.25, -0.2) is 4.79 Å². The van der Waals surface area contributed by atoms with E-state index in [2.05, 4.69) is 0 Å². The lowest BCUT2D eigenvalue weighted by Crippen LogP contribution is -2.26. The molecule has 0 aliphatic heterocycles. The Morgan fingerprint density at radius 3 is 2.74 bits per heavy atom. The molecule has 0 heterocycles. The van der Waals surface area contributed by atoms with E-state index in [-0.39, 0.29) is 12.2 Å². The van der Waals surface area contributed by atoms with E-state index in [9.17, 15) is 4.79 Å². The van der Waals surface area contributed by atoms with Gasteiger partial charge >= 0.3 is 5.97 Å². The Labute approximate surface area is 113 Å². The zero-order valence-corrected chi connectivity index (χ0v) is 11.6. The minimum atomic E-state index is -0.408. The molecule has 0 aliphatic rings. The fourth-order valence-electron chi connectivity index (χ4n) is 1.30. The largest absolute Gasteiger partial charge is 0.482 e. The highest BCUT2D eigenvalue weighted by atomic mass is 16.6. The molecule has 0 amide bonds. The third-order valence-electron chi connectivity index (χ3n) is 2.73. The van der Waals surface area contributed by atoms with Crippen LogP contribution in [0.1, 0.15) is 20.3 Å². The summed E-state index contributed by atoms with van der Waals surface area (Å²) in [5, 5.41) is 0. The number of nitrogens with two attached hydrogens (primary N) is 1. The Hall–Kier alpha value is -1.75. The van der Waals surface area contributed by atoms with Crippen molar-refractivity contribution in [3.05, 3.63) is 24.3 Å². The van der Waals surface area contributed by atoms with E-state index in [1.165, 1.54) is 0 Å². The number of esters is 1. The van der Waals surface area contributed by atoms with Crippen LogP contribution in [0.5, 0.6) is 5.75 Å². The summed E-state index contributed by atoms with van der Waals surface area (Å²) in [6.07, 6.45) is 0.632. The van der Waals surface area contributed by atoms with Crippen molar-refractivity contribution in [2.45, 2.75) is 25.9 Å². The van der Waals surface area contributed by atoms with Crippen LogP contribution in [0, 0.1) is 0 Å². The van der Waals surface area contributed by atoms with Crippen LogP contribution in [0.25, 0.3) is 0 Å². The lowest BCUT2D eigenvalue weighted by atomic mass is 10.1. The number of carbonyl (C=O) groups excluding carboxylic acids is 1. The Morgan fingerprint density at radius 1 is 1.37 bits per heavy atom. The van der Waals surface area contributed by atoms with Crippen molar-refractivity contribution in [3.63, 3.8) is 0 Å². The summed E-state index contributed by atoms with van der Waals surface area (Å²) in [6, 6.07) is 6.90. The predicted molar refractivity (Wildman–Crippen MR) is 73.0 cm³/mol. The monoisotopic (exact) mass is 267 g/mol. The average Bonchev–Trinajstić information content (AvgIpc) is 2.36. The van der Waals surface area contributed by atoms with Crippen LogP contribution < -0.4 is 10.5 Å². The van der Waals surface area contributed by atoms with Crippen LogP contribution in [0.3, 0.4) is 0 Å². The van der Waals surface area contributed by atoms with Crippen molar-refractivity contribution in [1.29, 1.82) is 0 Å². The second-order valence-electron chi connectivity index (χ2n) is 4.80. The van der Waals surface area contributed by atoms with E-state index >= 15 is 0 Å². The van der Waals surface area contributed by atoms with Crippen molar-refractivity contribution in [3.8, 4) is 5.75 Å². The van der Waals surface area contributed by atoms with E-state index in [4.69, 9.17) is 19.9 Å². The van der Waals surface area contributed by atoms with Gasteiger partial charge in [-0.1, -0.05) is 6.07 Å². The molecule has 2 N–H and O–H groups in total. The first-order chi connectivity index (χ1) is 8.93. The SMILES string of the molecule is COC(C)(C)CCOC(=O)COc1cccc(N)c1. The maximum Gasteiger partial charge on any atom is 0.344 e. The van der Waals surface area contributed by atoms with Gasteiger partial charge in [-0.3, -0.25) is 0 Å². The summed E-state index contributed by atoms with van der Waals surface area (Å²) in [7, 11) is 1.63. The highest BCUT2D eigenvalue weighted by Gasteiger charge is 2.17. The molecule has 0 saturated heterocycles. The number of nitrogen functional groups attached to an aromatic ring is 1. The molecule has 1 aromatic rings. The summed E-state index contributed by atoms with van der Waals surface area (Å²) < 4.78 is 15.6. The summed E-state index contributed by atoms with van der Waals surface area (Å²) in [4.78, 5) is 11.5.